The van der Waals surface area contributed by atoms with E-state index in [4.69, 9.17) is 5.02 Å². The molecular formula is HBO7P2. The number of hydrogen-bond donors (Lipinski definition) is 1. The largest absolute Gasteiger partial charge is 0.729 e. The van der Waals surface area contributed by atoms with Gasteiger partial charge >= 0.3 is 23.8 Å². The zero-order valence-electron chi connectivity index (χ0n) is 4.37. The molecule has 0 rings (SSSR count). The second-order valence-electron chi connectivity index (χ2n) is 0.965. The molecule has 10 heavy (non-hydrogen) atoms. The summed E-state index contributed by atoms with van der Waals surface area (Å²) in [5.41, 5.74) is 0. The molecule has 0 aliphatic rings. The van der Waals surface area contributed by atoms with Crippen molar-refractivity contribution in [2.45, 2.75) is 0 Å². The summed E-state index contributed by atoms with van der Waals surface area (Å²) in [6.45, 7) is 0. The third-order valence-corrected chi connectivity index (χ3v) is 1.06. The van der Waals surface area contributed by atoms with Crippen molar-refractivity contribution in [3.05, 3.63) is 0 Å². The van der Waals surface area contributed by atoms with E-state index in [-0.39, 0.29) is 0 Å². The summed E-state index contributed by atoms with van der Waals surface area (Å²) in [6.07, 6.45) is 0. The molecule has 0 bridgehead atoms. The molecular weight excluding hydrogens is 185 g/mol. The molecule has 7 nitrogen and oxygen atoms in total. The Bertz CT molecular complexity index is 127. The summed E-state index contributed by atoms with van der Waals surface area (Å²) in [5, 5.41) is 8.18. The highest BCUT2D eigenvalue weighted by atomic mass is 31.1. The first-order valence-electron chi connectivity index (χ1n) is 1.83. The van der Waals surface area contributed by atoms with Crippen molar-refractivity contribution in [1.29, 1.82) is 0 Å². The van der Waals surface area contributed by atoms with Crippen molar-refractivity contribution in [1.82, 2.24) is 0 Å². The Kier molecular flexibility index (Phi) is 4.85. The Morgan fingerprint density at radius 1 is 1.20 bits per heavy atom. The lowest BCUT2D eigenvalue weighted by Gasteiger charge is -1.89. The predicted molar refractivity (Wildman–Crippen MR) is 25.4 cm³/mol. The van der Waals surface area contributed by atoms with Gasteiger partial charge in [-0.15, -0.1) is 8.88 Å². The fraction of sp³-hybridized carbons (Fsp3) is 0. The lowest BCUT2D eigenvalue weighted by Crippen LogP contribution is -2.19. The third kappa shape index (κ3) is 6.19. The van der Waals surface area contributed by atoms with E-state index in [2.05, 4.69) is 8.88 Å². The average molecular weight is 186 g/mol. The van der Waals surface area contributed by atoms with Gasteiger partial charge in [0.1, 0.15) is 0 Å². The molecule has 56 valence electrons. The quantitative estimate of drug-likeness (QED) is 0.399. The van der Waals surface area contributed by atoms with Crippen LogP contribution in [0.25, 0.3) is 0 Å². The molecule has 0 spiro atoms. The minimum atomic E-state index is -3.31. The van der Waals surface area contributed by atoms with Gasteiger partial charge in [0.15, 0.2) is 0 Å². The van der Waals surface area contributed by atoms with Gasteiger partial charge < -0.3 is 14.8 Å². The molecule has 2 atom stereocenters. The van der Waals surface area contributed by atoms with Gasteiger partial charge in [-0.3, -0.25) is 0 Å². The molecule has 0 aromatic carbocycles. The van der Waals surface area contributed by atoms with Gasteiger partial charge in [-0.05, 0) is 9.13 Å². The summed E-state index contributed by atoms with van der Waals surface area (Å²) in [5.74, 6) is 0. The van der Waals surface area contributed by atoms with Crippen molar-refractivity contribution in [2.75, 3.05) is 0 Å². The van der Waals surface area contributed by atoms with Crippen LogP contribution in [0.5, 0.6) is 0 Å². The van der Waals surface area contributed by atoms with Crippen molar-refractivity contribution >= 4 is 23.8 Å². The fourth-order valence-electron chi connectivity index (χ4n) is 0.166. The van der Waals surface area contributed by atoms with Crippen LogP contribution in [0.3, 0.4) is 0 Å². The molecule has 0 saturated carbocycles. The van der Waals surface area contributed by atoms with Crippen LogP contribution in [0, 0.1) is 0 Å². The molecule has 10 heteroatoms. The van der Waals surface area contributed by atoms with Gasteiger partial charge in [-0.2, -0.15) is 0 Å². The molecule has 0 saturated heterocycles. The van der Waals surface area contributed by atoms with Gasteiger partial charge in [-0.25, -0.2) is 0 Å². The highest BCUT2D eigenvalue weighted by molar-refractivity contribution is 7.34. The maximum Gasteiger partial charge on any atom is 0.729 e. The topological polar surface area (TPSA) is 119 Å². The van der Waals surface area contributed by atoms with Gasteiger partial charge in [0.05, 0.1) is 0 Å². The van der Waals surface area contributed by atoms with Crippen molar-refractivity contribution in [3.8, 4) is 0 Å². The molecule has 0 aliphatic carbocycles. The SMILES string of the molecule is O=[P+]([O-])OB(O)O[P+](=O)[O-]. The minimum Gasteiger partial charge on any atom is -0.567 e. The van der Waals surface area contributed by atoms with Crippen LogP contribution < -0.4 is 9.79 Å². The monoisotopic (exact) mass is 186 g/mol. The van der Waals surface area contributed by atoms with Crippen LogP contribution in [0.4, 0.5) is 0 Å². The van der Waals surface area contributed by atoms with E-state index in [9.17, 15) is 18.9 Å². The Morgan fingerprint density at radius 3 is 1.70 bits per heavy atom. The smallest absolute Gasteiger partial charge is 0.567 e. The zero-order chi connectivity index (χ0) is 8.15. The van der Waals surface area contributed by atoms with Crippen molar-refractivity contribution in [2.24, 2.45) is 0 Å². The van der Waals surface area contributed by atoms with Crippen LogP contribution in [-0.4, -0.2) is 12.3 Å². The lowest BCUT2D eigenvalue weighted by atomic mass is 10.3. The number of hydrogen-bond acceptors (Lipinski definition) is 7. The molecule has 0 aromatic heterocycles. The summed E-state index contributed by atoms with van der Waals surface area (Å²) < 4.78 is 26.1. The molecule has 0 radical (unpaired) electrons. The highest BCUT2D eigenvalue weighted by Crippen LogP contribution is 2.16. The standard InChI is InChI=1S/BHO7P2/c2-1(7-9(3)4)8-10(5)6/h2H. The van der Waals surface area contributed by atoms with E-state index in [0.717, 1.165) is 0 Å². The first-order chi connectivity index (χ1) is 4.52. The summed E-state index contributed by atoms with van der Waals surface area (Å²) in [6, 6.07) is 0. The summed E-state index contributed by atoms with van der Waals surface area (Å²) >= 11 is 0. The van der Waals surface area contributed by atoms with E-state index in [1.54, 1.807) is 0 Å². The maximum atomic E-state index is 9.57. The molecule has 0 amide bonds. The van der Waals surface area contributed by atoms with Gasteiger partial charge in [0, 0.05) is 0 Å². The molecule has 2 unspecified atom stereocenters. The second kappa shape index (κ2) is 4.82. The van der Waals surface area contributed by atoms with Crippen LogP contribution >= 0.6 is 16.5 Å². The molecule has 0 aromatic rings. The van der Waals surface area contributed by atoms with Crippen LogP contribution in [0.15, 0.2) is 0 Å². The molecule has 0 fully saturated rings. The number of rotatable bonds is 4. The Balaban J connectivity index is 3.53. The minimum absolute atomic E-state index is 2.28. The van der Waals surface area contributed by atoms with Crippen LogP contribution in [-0.2, 0) is 18.0 Å². The molecule has 1 N–H and O–H groups in total. The second-order valence-corrected chi connectivity index (χ2v) is 2.28. The normalized spacial score (nSPS) is 12.7. The average Bonchev–Trinajstić information content (AvgIpc) is 1.58. The zero-order valence-corrected chi connectivity index (χ0v) is 6.16. The van der Waals surface area contributed by atoms with Crippen molar-refractivity contribution in [3.63, 3.8) is 0 Å². The molecule has 0 aliphatic heterocycles. The third-order valence-electron chi connectivity index (χ3n) is 0.352. The van der Waals surface area contributed by atoms with E-state index in [1.807, 2.05) is 0 Å². The first kappa shape index (κ1) is 10.1. The van der Waals surface area contributed by atoms with Gasteiger partial charge in [-0.1, -0.05) is 0 Å². The Morgan fingerprint density at radius 2 is 1.50 bits per heavy atom. The van der Waals surface area contributed by atoms with E-state index in [1.165, 1.54) is 0 Å². The van der Waals surface area contributed by atoms with E-state index < -0.39 is 23.8 Å². The lowest BCUT2D eigenvalue weighted by molar-refractivity contribution is -0.184. The maximum absolute atomic E-state index is 9.57. The van der Waals surface area contributed by atoms with Crippen molar-refractivity contribution < 1.29 is 32.8 Å². The van der Waals surface area contributed by atoms with Crippen LogP contribution in [0.1, 0.15) is 0 Å². The van der Waals surface area contributed by atoms with Crippen LogP contribution in [0.2, 0.25) is 0 Å². The molecule has 0 heterocycles. The predicted octanol–water partition coefficient (Wildman–Crippen LogP) is -1.97. The highest BCUT2D eigenvalue weighted by Gasteiger charge is 2.31. The fourth-order valence-corrected chi connectivity index (χ4v) is 0.615. The Hall–Kier alpha value is 0.0649. The van der Waals surface area contributed by atoms with E-state index >= 15 is 0 Å². The van der Waals surface area contributed by atoms with Gasteiger partial charge in [0.2, 0.25) is 0 Å². The Labute approximate surface area is 57.7 Å². The van der Waals surface area contributed by atoms with Gasteiger partial charge in [0.25, 0.3) is 0 Å². The first-order valence-corrected chi connectivity index (χ1v) is 4.02. The van der Waals surface area contributed by atoms with E-state index in [0.29, 0.717) is 0 Å². The summed E-state index contributed by atoms with van der Waals surface area (Å²) in [4.78, 5) is 19.1. The summed E-state index contributed by atoms with van der Waals surface area (Å²) in [7, 11) is -8.90.